The maximum Gasteiger partial charge on any atom is 0.0230 e. The molecule has 1 rings (SSSR count). The van der Waals surface area contributed by atoms with E-state index in [1.165, 1.54) is 43.4 Å². The molecule has 0 saturated heterocycles. The molecule has 0 atom stereocenters. The van der Waals surface area contributed by atoms with Crippen molar-refractivity contribution in [2.45, 2.75) is 39.2 Å². The van der Waals surface area contributed by atoms with Crippen LogP contribution in [0.1, 0.15) is 36.8 Å². The van der Waals surface area contributed by atoms with Crippen LogP contribution in [0, 0.1) is 6.92 Å². The van der Waals surface area contributed by atoms with E-state index in [0.717, 1.165) is 12.3 Å². The fraction of sp³-hybridized carbons (Fsp3) is 0.600. The number of aryl methyl sites for hydroxylation is 1. The van der Waals surface area contributed by atoms with E-state index in [1.807, 2.05) is 0 Å². The Hall–Kier alpha value is -0.470. The molecule has 0 aromatic heterocycles. The molecular weight excluding hydrogens is 226 g/mol. The van der Waals surface area contributed by atoms with Gasteiger partial charge in [-0.1, -0.05) is 42.7 Å². The quantitative estimate of drug-likeness (QED) is 0.541. The summed E-state index contributed by atoms with van der Waals surface area (Å²) >= 11 is 4.23. The van der Waals surface area contributed by atoms with Gasteiger partial charge in [0.15, 0.2) is 0 Å². The summed E-state index contributed by atoms with van der Waals surface area (Å²) in [7, 11) is 2.21. The minimum absolute atomic E-state index is 1.03. The molecule has 1 nitrogen and oxygen atoms in total. The molecule has 1 aromatic carbocycles. The molecule has 0 unspecified atom stereocenters. The first-order valence-electron chi connectivity index (χ1n) is 6.57. The van der Waals surface area contributed by atoms with E-state index in [-0.39, 0.29) is 0 Å². The van der Waals surface area contributed by atoms with Crippen molar-refractivity contribution in [2.24, 2.45) is 0 Å². The Balaban J connectivity index is 2.16. The van der Waals surface area contributed by atoms with Crippen molar-refractivity contribution >= 4 is 12.6 Å². The largest absolute Gasteiger partial charge is 0.302 e. The molecule has 0 saturated carbocycles. The summed E-state index contributed by atoms with van der Waals surface area (Å²) < 4.78 is 0. The van der Waals surface area contributed by atoms with E-state index >= 15 is 0 Å². The van der Waals surface area contributed by atoms with Crippen LogP contribution >= 0.6 is 12.6 Å². The summed E-state index contributed by atoms with van der Waals surface area (Å²) in [4.78, 5) is 2.41. The predicted molar refractivity (Wildman–Crippen MR) is 79.8 cm³/mol. The van der Waals surface area contributed by atoms with Gasteiger partial charge in [0.2, 0.25) is 0 Å². The van der Waals surface area contributed by atoms with Crippen LogP contribution < -0.4 is 0 Å². The van der Waals surface area contributed by atoms with Gasteiger partial charge < -0.3 is 4.90 Å². The first kappa shape index (κ1) is 14.6. The van der Waals surface area contributed by atoms with Gasteiger partial charge in [-0.3, -0.25) is 0 Å². The lowest BCUT2D eigenvalue weighted by Gasteiger charge is -2.16. The van der Waals surface area contributed by atoms with Crippen LogP contribution in [0.2, 0.25) is 0 Å². The van der Waals surface area contributed by atoms with Gasteiger partial charge in [-0.25, -0.2) is 0 Å². The zero-order valence-electron chi connectivity index (χ0n) is 11.2. The summed E-state index contributed by atoms with van der Waals surface area (Å²) in [5.41, 5.74) is 2.75. The highest BCUT2D eigenvalue weighted by atomic mass is 32.1. The molecule has 0 fully saturated rings. The minimum atomic E-state index is 1.03. The Morgan fingerprint density at radius 1 is 1.00 bits per heavy atom. The predicted octanol–water partition coefficient (Wildman–Crippen LogP) is 3.92. The normalized spacial score (nSPS) is 11.1. The van der Waals surface area contributed by atoms with Crippen LogP contribution in [0.3, 0.4) is 0 Å². The number of unbranched alkanes of at least 4 members (excludes halogenated alkanes) is 3. The lowest BCUT2D eigenvalue weighted by Crippen LogP contribution is -2.19. The SMILES string of the molecule is Cc1ccc(CN(C)CCCCCCS)cc1. The molecule has 0 amide bonds. The van der Waals surface area contributed by atoms with E-state index in [4.69, 9.17) is 0 Å². The van der Waals surface area contributed by atoms with Gasteiger partial charge in [0.05, 0.1) is 0 Å². The zero-order valence-corrected chi connectivity index (χ0v) is 12.0. The van der Waals surface area contributed by atoms with Gasteiger partial charge >= 0.3 is 0 Å². The van der Waals surface area contributed by atoms with Gasteiger partial charge in [-0.05, 0) is 44.7 Å². The number of rotatable bonds is 8. The zero-order chi connectivity index (χ0) is 12.5. The molecule has 2 heteroatoms. The lowest BCUT2D eigenvalue weighted by molar-refractivity contribution is 0.317. The molecule has 0 N–H and O–H groups in total. The molecule has 96 valence electrons. The van der Waals surface area contributed by atoms with Gasteiger partial charge in [0.25, 0.3) is 0 Å². The number of thiol groups is 1. The van der Waals surface area contributed by atoms with E-state index in [9.17, 15) is 0 Å². The molecule has 0 aliphatic rings. The third kappa shape index (κ3) is 6.75. The number of benzene rings is 1. The molecular formula is C15H25NS. The van der Waals surface area contributed by atoms with Crippen molar-refractivity contribution in [1.82, 2.24) is 4.90 Å². The van der Waals surface area contributed by atoms with Crippen molar-refractivity contribution in [3.05, 3.63) is 35.4 Å². The summed E-state index contributed by atoms with van der Waals surface area (Å²) in [6.07, 6.45) is 5.21. The van der Waals surface area contributed by atoms with Gasteiger partial charge in [-0.2, -0.15) is 12.6 Å². The summed E-state index contributed by atoms with van der Waals surface area (Å²) in [5, 5.41) is 0. The van der Waals surface area contributed by atoms with Gasteiger partial charge in [0, 0.05) is 6.54 Å². The van der Waals surface area contributed by atoms with Crippen molar-refractivity contribution in [1.29, 1.82) is 0 Å². The number of nitrogens with zero attached hydrogens (tertiary/aromatic N) is 1. The van der Waals surface area contributed by atoms with E-state index < -0.39 is 0 Å². The van der Waals surface area contributed by atoms with Gasteiger partial charge in [0.1, 0.15) is 0 Å². The lowest BCUT2D eigenvalue weighted by atomic mass is 10.1. The van der Waals surface area contributed by atoms with Gasteiger partial charge in [-0.15, -0.1) is 0 Å². The molecule has 1 aromatic rings. The fourth-order valence-corrected chi connectivity index (χ4v) is 2.15. The summed E-state index contributed by atoms with van der Waals surface area (Å²) in [6, 6.07) is 8.84. The van der Waals surface area contributed by atoms with Crippen molar-refractivity contribution in [3.8, 4) is 0 Å². The van der Waals surface area contributed by atoms with Crippen LogP contribution in [-0.2, 0) is 6.54 Å². The first-order valence-corrected chi connectivity index (χ1v) is 7.20. The summed E-state index contributed by atoms with van der Waals surface area (Å²) in [6.45, 7) is 4.39. The Morgan fingerprint density at radius 2 is 1.65 bits per heavy atom. The third-order valence-corrected chi connectivity index (χ3v) is 3.34. The Bertz CT molecular complexity index is 294. The van der Waals surface area contributed by atoms with Crippen LogP contribution in [0.4, 0.5) is 0 Å². The van der Waals surface area contributed by atoms with Crippen LogP contribution in [0.5, 0.6) is 0 Å². The van der Waals surface area contributed by atoms with E-state index in [1.54, 1.807) is 0 Å². The average Bonchev–Trinajstić information content (AvgIpc) is 2.32. The van der Waals surface area contributed by atoms with Crippen LogP contribution in [-0.4, -0.2) is 24.2 Å². The molecule has 17 heavy (non-hydrogen) atoms. The highest BCUT2D eigenvalue weighted by Gasteiger charge is 1.99. The summed E-state index contributed by atoms with van der Waals surface area (Å²) in [5.74, 6) is 1.03. The molecule has 0 aliphatic heterocycles. The molecule has 0 heterocycles. The minimum Gasteiger partial charge on any atom is -0.302 e. The second kappa shape index (κ2) is 8.60. The fourth-order valence-electron chi connectivity index (χ4n) is 1.93. The van der Waals surface area contributed by atoms with Crippen LogP contribution in [0.25, 0.3) is 0 Å². The highest BCUT2D eigenvalue weighted by Crippen LogP contribution is 2.07. The Labute approximate surface area is 112 Å². The average molecular weight is 251 g/mol. The maximum atomic E-state index is 4.23. The smallest absolute Gasteiger partial charge is 0.0230 e. The van der Waals surface area contributed by atoms with Crippen molar-refractivity contribution < 1.29 is 0 Å². The maximum absolute atomic E-state index is 4.23. The second-order valence-electron chi connectivity index (χ2n) is 4.86. The highest BCUT2D eigenvalue weighted by molar-refractivity contribution is 7.80. The van der Waals surface area contributed by atoms with Crippen molar-refractivity contribution in [2.75, 3.05) is 19.3 Å². The van der Waals surface area contributed by atoms with E-state index in [0.29, 0.717) is 0 Å². The van der Waals surface area contributed by atoms with Crippen molar-refractivity contribution in [3.63, 3.8) is 0 Å². The third-order valence-electron chi connectivity index (χ3n) is 3.02. The molecule has 0 spiro atoms. The molecule has 0 radical (unpaired) electrons. The molecule has 0 bridgehead atoms. The number of hydrogen-bond acceptors (Lipinski definition) is 2. The van der Waals surface area contributed by atoms with E-state index in [2.05, 4.69) is 55.8 Å². The second-order valence-corrected chi connectivity index (χ2v) is 5.31. The standard InChI is InChI=1S/C15H25NS/c1-14-7-9-15(10-8-14)13-16(2)11-5-3-4-6-12-17/h7-10,17H,3-6,11-13H2,1-2H3. The topological polar surface area (TPSA) is 3.24 Å². The molecule has 0 aliphatic carbocycles. The monoisotopic (exact) mass is 251 g/mol. The van der Waals surface area contributed by atoms with Crippen LogP contribution in [0.15, 0.2) is 24.3 Å². The first-order chi connectivity index (χ1) is 8.22. The Morgan fingerprint density at radius 3 is 2.29 bits per heavy atom. The Kier molecular flexibility index (Phi) is 7.38. The number of hydrogen-bond donors (Lipinski definition) is 1.